The summed E-state index contributed by atoms with van der Waals surface area (Å²) in [7, 11) is 1.72. The molecule has 1 atom stereocenters. The summed E-state index contributed by atoms with van der Waals surface area (Å²) in [5.41, 5.74) is 0.970. The second-order valence-electron chi connectivity index (χ2n) is 3.39. The molecule has 0 bridgehead atoms. The summed E-state index contributed by atoms with van der Waals surface area (Å²) in [5, 5.41) is 3.30. The van der Waals surface area contributed by atoms with Crippen molar-refractivity contribution in [2.24, 2.45) is 5.92 Å². The predicted octanol–water partition coefficient (Wildman–Crippen LogP) is 0.849. The number of rotatable bonds is 6. The smallest absolute Gasteiger partial charge is 0.0724 e. The number of aromatic nitrogens is 2. The lowest BCUT2D eigenvalue weighted by Gasteiger charge is -2.10. The van der Waals surface area contributed by atoms with Gasteiger partial charge in [-0.15, -0.1) is 0 Å². The molecule has 0 fully saturated rings. The first kappa shape index (κ1) is 11.1. The maximum Gasteiger partial charge on any atom is 0.0724 e. The minimum absolute atomic E-state index is 0.525. The van der Waals surface area contributed by atoms with Crippen LogP contribution < -0.4 is 5.32 Å². The molecular formula is C10H17N3O. The van der Waals surface area contributed by atoms with E-state index in [2.05, 4.69) is 22.2 Å². The van der Waals surface area contributed by atoms with E-state index in [4.69, 9.17) is 4.74 Å². The zero-order chi connectivity index (χ0) is 10.2. The molecule has 1 rings (SSSR count). The van der Waals surface area contributed by atoms with Gasteiger partial charge in [-0.3, -0.25) is 9.97 Å². The third kappa shape index (κ3) is 4.30. The first-order chi connectivity index (χ1) is 6.83. The summed E-state index contributed by atoms with van der Waals surface area (Å²) in [5.74, 6) is 0.525. The van der Waals surface area contributed by atoms with Crippen LogP contribution in [0.5, 0.6) is 0 Å². The van der Waals surface area contributed by atoms with E-state index in [-0.39, 0.29) is 0 Å². The van der Waals surface area contributed by atoms with E-state index in [1.807, 2.05) is 0 Å². The molecule has 0 aliphatic heterocycles. The van der Waals surface area contributed by atoms with Gasteiger partial charge in [0.1, 0.15) is 0 Å². The standard InChI is InChI=1S/C10H17N3O/c1-9(8-14-2)5-12-7-10-6-11-3-4-13-10/h3-4,6,9,12H,5,7-8H2,1-2H3. The Bertz CT molecular complexity index is 240. The van der Waals surface area contributed by atoms with Gasteiger partial charge in [0.2, 0.25) is 0 Å². The topological polar surface area (TPSA) is 47.0 Å². The highest BCUT2D eigenvalue weighted by Crippen LogP contribution is 1.94. The van der Waals surface area contributed by atoms with Crippen LogP contribution in [0, 0.1) is 5.92 Å². The van der Waals surface area contributed by atoms with Crippen molar-refractivity contribution in [3.63, 3.8) is 0 Å². The van der Waals surface area contributed by atoms with Crippen molar-refractivity contribution in [2.75, 3.05) is 20.3 Å². The molecule has 0 amide bonds. The molecule has 0 saturated heterocycles. The first-order valence-corrected chi connectivity index (χ1v) is 4.77. The Kier molecular flexibility index (Phi) is 5.11. The summed E-state index contributed by atoms with van der Waals surface area (Å²) in [6.45, 7) is 4.63. The molecule has 1 aromatic heterocycles. The van der Waals surface area contributed by atoms with Gasteiger partial charge in [0.05, 0.1) is 5.69 Å². The monoisotopic (exact) mass is 195 g/mol. The zero-order valence-electron chi connectivity index (χ0n) is 8.73. The molecule has 0 aliphatic rings. The van der Waals surface area contributed by atoms with Crippen molar-refractivity contribution in [3.8, 4) is 0 Å². The Hall–Kier alpha value is -1.00. The van der Waals surface area contributed by atoms with Crippen LogP contribution in [0.15, 0.2) is 18.6 Å². The van der Waals surface area contributed by atoms with Crippen LogP contribution in [0.1, 0.15) is 12.6 Å². The first-order valence-electron chi connectivity index (χ1n) is 4.77. The van der Waals surface area contributed by atoms with Gasteiger partial charge in [-0.1, -0.05) is 6.92 Å². The summed E-state index contributed by atoms with van der Waals surface area (Å²) < 4.78 is 5.04. The predicted molar refractivity (Wildman–Crippen MR) is 54.8 cm³/mol. The van der Waals surface area contributed by atoms with Crippen LogP contribution in [-0.4, -0.2) is 30.2 Å². The molecule has 0 radical (unpaired) electrons. The van der Waals surface area contributed by atoms with Crippen LogP contribution in [0.4, 0.5) is 0 Å². The van der Waals surface area contributed by atoms with Crippen molar-refractivity contribution in [2.45, 2.75) is 13.5 Å². The SMILES string of the molecule is COCC(C)CNCc1cnccn1. The van der Waals surface area contributed by atoms with Gasteiger partial charge in [-0.25, -0.2) is 0 Å². The Balaban J connectivity index is 2.16. The highest BCUT2D eigenvalue weighted by atomic mass is 16.5. The number of hydrogen-bond donors (Lipinski definition) is 1. The van der Waals surface area contributed by atoms with E-state index in [1.54, 1.807) is 25.7 Å². The van der Waals surface area contributed by atoms with Crippen molar-refractivity contribution < 1.29 is 4.74 Å². The summed E-state index contributed by atoms with van der Waals surface area (Å²) in [6, 6.07) is 0. The molecule has 14 heavy (non-hydrogen) atoms. The van der Waals surface area contributed by atoms with Crippen LogP contribution in [0.3, 0.4) is 0 Å². The number of hydrogen-bond acceptors (Lipinski definition) is 4. The fourth-order valence-corrected chi connectivity index (χ4v) is 1.21. The van der Waals surface area contributed by atoms with Gasteiger partial charge in [0, 0.05) is 45.4 Å². The van der Waals surface area contributed by atoms with Crippen molar-refractivity contribution in [1.82, 2.24) is 15.3 Å². The molecule has 0 aliphatic carbocycles. The van der Waals surface area contributed by atoms with Crippen LogP contribution >= 0.6 is 0 Å². The van der Waals surface area contributed by atoms with E-state index < -0.39 is 0 Å². The normalized spacial score (nSPS) is 12.7. The molecule has 1 aromatic rings. The molecule has 1 N–H and O–H groups in total. The quantitative estimate of drug-likeness (QED) is 0.731. The minimum Gasteiger partial charge on any atom is -0.384 e. The molecule has 4 heteroatoms. The van der Waals surface area contributed by atoms with Gasteiger partial charge >= 0.3 is 0 Å². The van der Waals surface area contributed by atoms with Gasteiger partial charge in [-0.05, 0) is 5.92 Å². The van der Waals surface area contributed by atoms with E-state index in [0.717, 1.165) is 25.4 Å². The lowest BCUT2D eigenvalue weighted by molar-refractivity contribution is 0.158. The fraction of sp³-hybridized carbons (Fsp3) is 0.600. The third-order valence-corrected chi connectivity index (χ3v) is 1.87. The van der Waals surface area contributed by atoms with E-state index >= 15 is 0 Å². The minimum atomic E-state index is 0.525. The lowest BCUT2D eigenvalue weighted by atomic mass is 10.2. The Morgan fingerprint density at radius 2 is 2.36 bits per heavy atom. The molecule has 0 aromatic carbocycles. The summed E-state index contributed by atoms with van der Waals surface area (Å²) in [4.78, 5) is 8.16. The second-order valence-corrected chi connectivity index (χ2v) is 3.39. The van der Waals surface area contributed by atoms with Crippen molar-refractivity contribution in [3.05, 3.63) is 24.3 Å². The second kappa shape index (κ2) is 6.45. The third-order valence-electron chi connectivity index (χ3n) is 1.87. The van der Waals surface area contributed by atoms with Crippen molar-refractivity contribution in [1.29, 1.82) is 0 Å². The van der Waals surface area contributed by atoms with E-state index in [1.165, 1.54) is 0 Å². The molecule has 1 unspecified atom stereocenters. The zero-order valence-corrected chi connectivity index (χ0v) is 8.73. The van der Waals surface area contributed by atoms with Gasteiger partial charge in [0.15, 0.2) is 0 Å². The number of methoxy groups -OCH3 is 1. The van der Waals surface area contributed by atoms with E-state index in [0.29, 0.717) is 5.92 Å². The molecule has 0 saturated carbocycles. The molecular weight excluding hydrogens is 178 g/mol. The van der Waals surface area contributed by atoms with Crippen LogP contribution in [0.2, 0.25) is 0 Å². The van der Waals surface area contributed by atoms with Gasteiger partial charge in [-0.2, -0.15) is 0 Å². The Morgan fingerprint density at radius 1 is 1.50 bits per heavy atom. The van der Waals surface area contributed by atoms with E-state index in [9.17, 15) is 0 Å². The Labute approximate surface area is 84.7 Å². The maximum atomic E-state index is 5.04. The molecule has 78 valence electrons. The average Bonchev–Trinajstić information content (AvgIpc) is 2.20. The highest BCUT2D eigenvalue weighted by Gasteiger charge is 2.00. The summed E-state index contributed by atoms with van der Waals surface area (Å²) in [6.07, 6.45) is 5.15. The Morgan fingerprint density at radius 3 is 3.00 bits per heavy atom. The maximum absolute atomic E-state index is 5.04. The summed E-state index contributed by atoms with van der Waals surface area (Å²) >= 11 is 0. The largest absolute Gasteiger partial charge is 0.384 e. The van der Waals surface area contributed by atoms with Gasteiger partial charge < -0.3 is 10.1 Å². The van der Waals surface area contributed by atoms with Crippen LogP contribution in [0.25, 0.3) is 0 Å². The average molecular weight is 195 g/mol. The molecule has 4 nitrogen and oxygen atoms in total. The van der Waals surface area contributed by atoms with Crippen molar-refractivity contribution >= 4 is 0 Å². The fourth-order valence-electron chi connectivity index (χ4n) is 1.21. The number of ether oxygens (including phenoxy) is 1. The van der Waals surface area contributed by atoms with Gasteiger partial charge in [0.25, 0.3) is 0 Å². The lowest BCUT2D eigenvalue weighted by Crippen LogP contribution is -2.23. The number of nitrogens with zero attached hydrogens (tertiary/aromatic N) is 2. The molecule has 1 heterocycles. The molecule has 0 spiro atoms. The number of nitrogens with one attached hydrogen (secondary N) is 1. The van der Waals surface area contributed by atoms with Crippen LogP contribution in [-0.2, 0) is 11.3 Å². The highest BCUT2D eigenvalue weighted by molar-refractivity contribution is 4.93.